The van der Waals surface area contributed by atoms with Crippen molar-refractivity contribution in [1.29, 1.82) is 0 Å². The first-order chi connectivity index (χ1) is 15.6. The maximum Gasteiger partial charge on any atom is 0.256 e. The van der Waals surface area contributed by atoms with Gasteiger partial charge in [0.05, 0.1) is 29.2 Å². The third-order valence-corrected chi connectivity index (χ3v) is 5.38. The molecule has 8 nitrogen and oxygen atoms in total. The van der Waals surface area contributed by atoms with Gasteiger partial charge in [-0.25, -0.2) is 4.39 Å². The fourth-order valence-corrected chi connectivity index (χ4v) is 3.74. The van der Waals surface area contributed by atoms with Gasteiger partial charge in [-0.15, -0.1) is 0 Å². The summed E-state index contributed by atoms with van der Waals surface area (Å²) in [4.78, 5) is 29.3. The van der Waals surface area contributed by atoms with Gasteiger partial charge in [-0.2, -0.15) is 5.10 Å². The number of aromatic amines is 1. The Morgan fingerprint density at radius 3 is 2.72 bits per heavy atom. The van der Waals surface area contributed by atoms with Gasteiger partial charge < -0.3 is 15.2 Å². The Balaban J connectivity index is 1.33. The molecule has 0 saturated heterocycles. The molecule has 4 heterocycles. The lowest BCUT2D eigenvalue weighted by Crippen LogP contribution is -2.22. The molecule has 0 spiro atoms. The maximum absolute atomic E-state index is 13.1. The SMILES string of the molecule is O=C(NCc1ccccn1)c1cc2n(c1)CCc1c(NC(=O)c3ccc(F)cc3)n[nH]c1-2. The van der Waals surface area contributed by atoms with Crippen molar-refractivity contribution in [2.24, 2.45) is 0 Å². The quantitative estimate of drug-likeness (QED) is 0.452. The normalized spacial score (nSPS) is 12.0. The van der Waals surface area contributed by atoms with Crippen molar-refractivity contribution in [3.05, 3.63) is 89.1 Å². The van der Waals surface area contributed by atoms with E-state index in [-0.39, 0.29) is 11.8 Å². The number of H-pyrrole nitrogens is 1. The predicted octanol–water partition coefficient (Wildman–Crippen LogP) is 3.15. The van der Waals surface area contributed by atoms with Gasteiger partial charge in [0.25, 0.3) is 11.8 Å². The van der Waals surface area contributed by atoms with E-state index in [0.717, 1.165) is 22.6 Å². The van der Waals surface area contributed by atoms with Crippen molar-refractivity contribution < 1.29 is 14.0 Å². The van der Waals surface area contributed by atoms with Gasteiger partial charge in [-0.3, -0.25) is 19.7 Å². The number of hydrogen-bond donors (Lipinski definition) is 3. The number of aryl methyl sites for hydroxylation is 1. The van der Waals surface area contributed by atoms with Crippen molar-refractivity contribution >= 4 is 17.6 Å². The minimum atomic E-state index is -0.403. The van der Waals surface area contributed by atoms with Crippen molar-refractivity contribution in [3.63, 3.8) is 0 Å². The van der Waals surface area contributed by atoms with Crippen LogP contribution < -0.4 is 10.6 Å². The lowest BCUT2D eigenvalue weighted by molar-refractivity contribution is 0.0949. The van der Waals surface area contributed by atoms with Crippen LogP contribution in [0.2, 0.25) is 0 Å². The Bertz CT molecular complexity index is 1290. The molecular weight excluding hydrogens is 411 g/mol. The fraction of sp³-hybridized carbons (Fsp3) is 0.130. The van der Waals surface area contributed by atoms with Crippen molar-refractivity contribution in [2.45, 2.75) is 19.5 Å². The first kappa shape index (κ1) is 19.7. The molecular formula is C23H19FN6O2. The number of nitrogens with zero attached hydrogens (tertiary/aromatic N) is 3. The Hall–Kier alpha value is -4.27. The number of fused-ring (bicyclic) bond motifs is 3. The fourth-order valence-electron chi connectivity index (χ4n) is 3.74. The smallest absolute Gasteiger partial charge is 0.256 e. The number of halogens is 1. The predicted molar refractivity (Wildman–Crippen MR) is 115 cm³/mol. The Labute approximate surface area is 182 Å². The number of carbonyl (C=O) groups is 2. The van der Waals surface area contributed by atoms with E-state index in [4.69, 9.17) is 0 Å². The van der Waals surface area contributed by atoms with Gasteiger partial charge in [0.2, 0.25) is 0 Å². The van der Waals surface area contributed by atoms with E-state index in [0.29, 0.717) is 36.5 Å². The van der Waals surface area contributed by atoms with Crippen LogP contribution in [0.5, 0.6) is 0 Å². The summed E-state index contributed by atoms with van der Waals surface area (Å²) in [6.45, 7) is 0.990. The van der Waals surface area contributed by atoms with Gasteiger partial charge in [0.15, 0.2) is 5.82 Å². The average Bonchev–Trinajstić information content (AvgIpc) is 3.43. The number of anilines is 1. The number of rotatable bonds is 5. The number of nitrogens with one attached hydrogen (secondary N) is 3. The second-order valence-electron chi connectivity index (χ2n) is 7.45. The minimum absolute atomic E-state index is 0.191. The Morgan fingerprint density at radius 2 is 1.94 bits per heavy atom. The third kappa shape index (κ3) is 3.76. The van der Waals surface area contributed by atoms with Crippen LogP contribution in [-0.2, 0) is 19.5 Å². The summed E-state index contributed by atoms with van der Waals surface area (Å²) in [6, 6.07) is 12.7. The van der Waals surface area contributed by atoms with Crippen LogP contribution in [0.15, 0.2) is 60.9 Å². The van der Waals surface area contributed by atoms with Gasteiger partial charge in [0, 0.05) is 30.1 Å². The molecule has 2 amide bonds. The van der Waals surface area contributed by atoms with E-state index >= 15 is 0 Å². The second-order valence-corrected chi connectivity index (χ2v) is 7.45. The molecule has 1 aliphatic heterocycles. The van der Waals surface area contributed by atoms with E-state index in [9.17, 15) is 14.0 Å². The molecule has 0 radical (unpaired) electrons. The zero-order chi connectivity index (χ0) is 22.1. The molecule has 160 valence electrons. The summed E-state index contributed by atoms with van der Waals surface area (Å²) in [5.74, 6) is -0.527. The van der Waals surface area contributed by atoms with Gasteiger partial charge in [-0.05, 0) is 48.9 Å². The zero-order valence-electron chi connectivity index (χ0n) is 16.9. The molecule has 0 bridgehead atoms. The van der Waals surface area contributed by atoms with Crippen LogP contribution in [0.25, 0.3) is 11.4 Å². The lowest BCUT2D eigenvalue weighted by atomic mass is 10.1. The van der Waals surface area contributed by atoms with E-state index in [1.54, 1.807) is 12.3 Å². The highest BCUT2D eigenvalue weighted by Crippen LogP contribution is 2.33. The van der Waals surface area contributed by atoms with E-state index in [1.165, 1.54) is 24.3 Å². The Morgan fingerprint density at radius 1 is 1.09 bits per heavy atom. The molecule has 0 saturated carbocycles. The lowest BCUT2D eigenvalue weighted by Gasteiger charge is -2.16. The number of benzene rings is 1. The van der Waals surface area contributed by atoms with E-state index in [1.807, 2.05) is 29.0 Å². The van der Waals surface area contributed by atoms with Crippen LogP contribution in [0.3, 0.4) is 0 Å². The summed E-state index contributed by atoms with van der Waals surface area (Å²) in [6.07, 6.45) is 4.13. The number of amides is 2. The molecule has 3 aromatic heterocycles. The molecule has 1 aliphatic rings. The third-order valence-electron chi connectivity index (χ3n) is 5.38. The summed E-state index contributed by atoms with van der Waals surface area (Å²) in [7, 11) is 0. The standard InChI is InChI=1S/C23H19FN6O2/c24-16-6-4-14(5-7-16)23(32)27-21-18-8-10-30-13-15(11-19(30)20(18)28-29-21)22(31)26-12-17-3-1-2-9-25-17/h1-7,9,11,13H,8,10,12H2,(H,26,31)(H2,27,28,29,32). The summed E-state index contributed by atoms with van der Waals surface area (Å²) in [5, 5.41) is 12.9. The van der Waals surface area contributed by atoms with Crippen LogP contribution in [-0.4, -0.2) is 31.6 Å². The van der Waals surface area contributed by atoms with Crippen molar-refractivity contribution in [1.82, 2.24) is 25.1 Å². The molecule has 0 aliphatic carbocycles. The number of carbonyl (C=O) groups excluding carboxylic acids is 2. The van der Waals surface area contributed by atoms with E-state index in [2.05, 4.69) is 25.8 Å². The van der Waals surface area contributed by atoms with E-state index < -0.39 is 5.82 Å². The highest BCUT2D eigenvalue weighted by molar-refractivity contribution is 6.04. The Kier molecular flexibility index (Phi) is 4.98. The maximum atomic E-state index is 13.1. The highest BCUT2D eigenvalue weighted by atomic mass is 19.1. The number of hydrogen-bond acceptors (Lipinski definition) is 4. The first-order valence-electron chi connectivity index (χ1n) is 10.1. The van der Waals surface area contributed by atoms with Crippen molar-refractivity contribution in [2.75, 3.05) is 5.32 Å². The second kappa shape index (κ2) is 8.10. The van der Waals surface area contributed by atoms with Gasteiger partial charge in [-0.1, -0.05) is 6.07 Å². The summed E-state index contributed by atoms with van der Waals surface area (Å²) < 4.78 is 15.1. The molecule has 1 aromatic carbocycles. The van der Waals surface area contributed by atoms with Crippen LogP contribution in [0.4, 0.5) is 10.2 Å². The molecule has 0 atom stereocenters. The largest absolute Gasteiger partial charge is 0.346 e. The monoisotopic (exact) mass is 430 g/mol. The highest BCUT2D eigenvalue weighted by Gasteiger charge is 2.25. The topological polar surface area (TPSA) is 105 Å². The summed E-state index contributed by atoms with van der Waals surface area (Å²) >= 11 is 0. The van der Waals surface area contributed by atoms with Crippen LogP contribution in [0.1, 0.15) is 32.0 Å². The van der Waals surface area contributed by atoms with Crippen LogP contribution in [0, 0.1) is 5.82 Å². The zero-order valence-corrected chi connectivity index (χ0v) is 16.9. The van der Waals surface area contributed by atoms with Gasteiger partial charge >= 0.3 is 0 Å². The number of pyridine rings is 1. The van der Waals surface area contributed by atoms with Gasteiger partial charge in [0.1, 0.15) is 5.82 Å². The molecule has 4 aromatic rings. The minimum Gasteiger partial charge on any atom is -0.346 e. The molecule has 32 heavy (non-hydrogen) atoms. The van der Waals surface area contributed by atoms with Crippen LogP contribution >= 0.6 is 0 Å². The average molecular weight is 430 g/mol. The van der Waals surface area contributed by atoms with Crippen molar-refractivity contribution in [3.8, 4) is 11.4 Å². The number of aromatic nitrogens is 4. The molecule has 0 unspecified atom stereocenters. The molecule has 0 fully saturated rings. The molecule has 3 N–H and O–H groups in total. The summed E-state index contributed by atoms with van der Waals surface area (Å²) in [5.41, 5.74) is 4.11. The first-order valence-corrected chi connectivity index (χ1v) is 10.1. The molecule has 5 rings (SSSR count). The molecule has 9 heteroatoms.